The summed E-state index contributed by atoms with van der Waals surface area (Å²) < 4.78 is 23.6. The average Bonchev–Trinajstić information content (AvgIpc) is 2.63. The summed E-state index contributed by atoms with van der Waals surface area (Å²) in [6, 6.07) is 2.20. The Morgan fingerprint density at radius 3 is 1.32 bits per heavy atom. The standard InChI is InChI=1S/C21H49NO4Si2/c1-7-23-27(5,24-8-2)20-16-14-12-11-13-15-18-22-19-17-21-28(6,25-9-3)26-10-4/h22H,7-21H2,1-6H3. The van der Waals surface area contributed by atoms with Crippen LogP contribution in [0.5, 0.6) is 0 Å². The molecule has 0 spiro atoms. The molecule has 0 heterocycles. The molecule has 0 aromatic carbocycles. The molecule has 0 atom stereocenters. The Kier molecular flexibility index (Phi) is 18.2. The molecule has 1 N–H and O–H groups in total. The third kappa shape index (κ3) is 15.1. The van der Waals surface area contributed by atoms with E-state index in [1.54, 1.807) is 0 Å². The van der Waals surface area contributed by atoms with Gasteiger partial charge in [0.05, 0.1) is 0 Å². The monoisotopic (exact) mass is 435 g/mol. The molecule has 7 heteroatoms. The molecule has 0 aliphatic heterocycles. The molecule has 0 aromatic rings. The Balaban J connectivity index is 3.55. The normalized spacial score (nSPS) is 12.6. The number of hydrogen-bond acceptors (Lipinski definition) is 5. The number of rotatable bonds is 21. The minimum atomic E-state index is -1.92. The Hall–Kier alpha value is 0.234. The lowest BCUT2D eigenvalue weighted by Gasteiger charge is -2.26. The van der Waals surface area contributed by atoms with Gasteiger partial charge >= 0.3 is 17.1 Å². The van der Waals surface area contributed by atoms with Gasteiger partial charge in [-0.25, -0.2) is 0 Å². The first-order valence-electron chi connectivity index (χ1n) is 11.7. The van der Waals surface area contributed by atoms with Crippen LogP contribution in [0.2, 0.25) is 25.2 Å². The van der Waals surface area contributed by atoms with Crippen molar-refractivity contribution in [3.63, 3.8) is 0 Å². The van der Waals surface area contributed by atoms with Crippen LogP contribution in [-0.2, 0) is 17.7 Å². The fraction of sp³-hybridized carbons (Fsp3) is 1.00. The van der Waals surface area contributed by atoms with Crippen LogP contribution in [0.15, 0.2) is 0 Å². The van der Waals surface area contributed by atoms with Gasteiger partial charge in [-0.1, -0.05) is 32.1 Å². The van der Waals surface area contributed by atoms with Crippen molar-refractivity contribution >= 4 is 17.1 Å². The number of hydrogen-bond donors (Lipinski definition) is 1. The third-order valence-corrected chi connectivity index (χ3v) is 11.1. The zero-order valence-corrected chi connectivity index (χ0v) is 21.7. The van der Waals surface area contributed by atoms with E-state index in [0.29, 0.717) is 0 Å². The molecule has 0 aliphatic rings. The quantitative estimate of drug-likeness (QED) is 0.188. The number of nitrogens with one attached hydrogen (secondary N) is 1. The summed E-state index contributed by atoms with van der Waals surface area (Å²) in [6.07, 6.45) is 8.94. The maximum Gasteiger partial charge on any atom is 0.334 e. The van der Waals surface area contributed by atoms with Gasteiger partial charge in [0.2, 0.25) is 0 Å². The highest BCUT2D eigenvalue weighted by Gasteiger charge is 2.30. The first-order chi connectivity index (χ1) is 13.4. The van der Waals surface area contributed by atoms with E-state index < -0.39 is 17.1 Å². The molecule has 0 bridgehead atoms. The van der Waals surface area contributed by atoms with Crippen LogP contribution in [0, 0.1) is 0 Å². The SMILES string of the molecule is CCO[Si](C)(CCCCCCCCNCCC[Si](C)(OCC)OCC)OCC. The minimum Gasteiger partial charge on any atom is -0.395 e. The van der Waals surface area contributed by atoms with Crippen molar-refractivity contribution in [2.75, 3.05) is 39.5 Å². The topological polar surface area (TPSA) is 49.0 Å². The lowest BCUT2D eigenvalue weighted by molar-refractivity contribution is 0.187. The van der Waals surface area contributed by atoms with Crippen molar-refractivity contribution in [1.29, 1.82) is 0 Å². The molecule has 0 aliphatic carbocycles. The summed E-state index contributed by atoms with van der Waals surface area (Å²) in [5.74, 6) is 0. The fourth-order valence-corrected chi connectivity index (χ4v) is 8.55. The van der Waals surface area contributed by atoms with Crippen LogP contribution in [0.3, 0.4) is 0 Å². The van der Waals surface area contributed by atoms with E-state index >= 15 is 0 Å². The highest BCUT2D eigenvalue weighted by molar-refractivity contribution is 6.66. The Labute approximate surface area is 177 Å². The zero-order chi connectivity index (χ0) is 21.1. The second-order valence-electron chi connectivity index (χ2n) is 7.72. The second kappa shape index (κ2) is 18.0. The number of unbranched alkanes of at least 4 members (excludes halogenated alkanes) is 5. The van der Waals surface area contributed by atoms with Gasteiger partial charge < -0.3 is 23.0 Å². The summed E-state index contributed by atoms with van der Waals surface area (Å²) >= 11 is 0. The van der Waals surface area contributed by atoms with Gasteiger partial charge in [-0.15, -0.1) is 0 Å². The van der Waals surface area contributed by atoms with Crippen molar-refractivity contribution in [3.8, 4) is 0 Å². The summed E-state index contributed by atoms with van der Waals surface area (Å²) in [5, 5.41) is 3.58. The molecular formula is C21H49NO4Si2. The summed E-state index contributed by atoms with van der Waals surface area (Å²) in [6.45, 7) is 17.9. The molecule has 0 saturated heterocycles. The van der Waals surface area contributed by atoms with Crippen LogP contribution in [0.25, 0.3) is 0 Å². The largest absolute Gasteiger partial charge is 0.395 e. The third-order valence-electron chi connectivity index (χ3n) is 5.02. The summed E-state index contributed by atoms with van der Waals surface area (Å²) in [7, 11) is -3.82. The molecule has 5 nitrogen and oxygen atoms in total. The van der Waals surface area contributed by atoms with E-state index in [-0.39, 0.29) is 0 Å². The van der Waals surface area contributed by atoms with E-state index in [1.165, 1.54) is 38.5 Å². The van der Waals surface area contributed by atoms with E-state index in [1.807, 2.05) is 0 Å². The average molecular weight is 436 g/mol. The van der Waals surface area contributed by atoms with Crippen molar-refractivity contribution in [2.24, 2.45) is 0 Å². The molecule has 0 amide bonds. The Morgan fingerprint density at radius 2 is 0.857 bits per heavy atom. The van der Waals surface area contributed by atoms with E-state index in [0.717, 1.165) is 58.0 Å². The lowest BCUT2D eigenvalue weighted by Crippen LogP contribution is -2.39. The van der Waals surface area contributed by atoms with Crippen molar-refractivity contribution in [2.45, 2.75) is 97.8 Å². The van der Waals surface area contributed by atoms with E-state index in [9.17, 15) is 0 Å². The van der Waals surface area contributed by atoms with E-state index in [2.05, 4.69) is 46.1 Å². The summed E-state index contributed by atoms with van der Waals surface area (Å²) in [4.78, 5) is 0. The van der Waals surface area contributed by atoms with Crippen LogP contribution in [-0.4, -0.2) is 56.6 Å². The van der Waals surface area contributed by atoms with Crippen LogP contribution < -0.4 is 5.32 Å². The zero-order valence-electron chi connectivity index (χ0n) is 19.7. The van der Waals surface area contributed by atoms with Gasteiger partial charge in [0.25, 0.3) is 0 Å². The first-order valence-corrected chi connectivity index (χ1v) is 16.8. The Bertz CT molecular complexity index is 304. The lowest BCUT2D eigenvalue weighted by atomic mass is 10.1. The fourth-order valence-electron chi connectivity index (χ4n) is 3.66. The van der Waals surface area contributed by atoms with Gasteiger partial charge in [-0.2, -0.15) is 0 Å². The molecule has 0 fully saturated rings. The van der Waals surface area contributed by atoms with Gasteiger partial charge in [-0.05, 0) is 78.8 Å². The predicted octanol–water partition coefficient (Wildman–Crippen LogP) is 5.60. The Morgan fingerprint density at radius 1 is 0.500 bits per heavy atom. The second-order valence-corrected chi connectivity index (χ2v) is 14.4. The highest BCUT2D eigenvalue weighted by atomic mass is 28.4. The van der Waals surface area contributed by atoms with Crippen LogP contribution in [0.1, 0.15) is 72.6 Å². The molecular weight excluding hydrogens is 386 g/mol. The van der Waals surface area contributed by atoms with Crippen molar-refractivity contribution < 1.29 is 17.7 Å². The van der Waals surface area contributed by atoms with Gasteiger partial charge in [0, 0.05) is 26.4 Å². The van der Waals surface area contributed by atoms with Crippen molar-refractivity contribution in [3.05, 3.63) is 0 Å². The van der Waals surface area contributed by atoms with Crippen molar-refractivity contribution in [1.82, 2.24) is 5.32 Å². The maximum atomic E-state index is 5.90. The molecule has 0 saturated carbocycles. The molecule has 0 radical (unpaired) electrons. The molecule has 0 unspecified atom stereocenters. The van der Waals surface area contributed by atoms with E-state index in [4.69, 9.17) is 17.7 Å². The van der Waals surface area contributed by atoms with Crippen LogP contribution >= 0.6 is 0 Å². The molecule has 0 rings (SSSR count). The summed E-state index contributed by atoms with van der Waals surface area (Å²) in [5.41, 5.74) is 0. The highest BCUT2D eigenvalue weighted by Crippen LogP contribution is 2.19. The first kappa shape index (κ1) is 28.2. The van der Waals surface area contributed by atoms with Gasteiger partial charge in [0.15, 0.2) is 0 Å². The van der Waals surface area contributed by atoms with Gasteiger partial charge in [0.1, 0.15) is 0 Å². The van der Waals surface area contributed by atoms with Crippen LogP contribution in [0.4, 0.5) is 0 Å². The van der Waals surface area contributed by atoms with Gasteiger partial charge in [-0.3, -0.25) is 0 Å². The smallest absolute Gasteiger partial charge is 0.334 e. The maximum absolute atomic E-state index is 5.90. The molecule has 28 heavy (non-hydrogen) atoms. The molecule has 0 aromatic heterocycles. The predicted molar refractivity (Wildman–Crippen MR) is 125 cm³/mol. The molecule has 170 valence electrons. The minimum absolute atomic E-state index is 0.759.